The first-order chi connectivity index (χ1) is 9.08. The van der Waals surface area contributed by atoms with Crippen LogP contribution < -0.4 is 5.32 Å². The summed E-state index contributed by atoms with van der Waals surface area (Å²) >= 11 is 0. The summed E-state index contributed by atoms with van der Waals surface area (Å²) in [5.74, 6) is -1.03. The van der Waals surface area contributed by atoms with Crippen molar-refractivity contribution in [3.63, 3.8) is 0 Å². The number of carboxylic acid groups (broad SMARTS) is 1. The molecule has 0 bridgehead atoms. The van der Waals surface area contributed by atoms with Crippen molar-refractivity contribution in [2.45, 2.75) is 31.7 Å². The number of amides is 2. The predicted molar refractivity (Wildman–Crippen MR) is 70.8 cm³/mol. The van der Waals surface area contributed by atoms with Gasteiger partial charge < -0.3 is 20.4 Å². The lowest BCUT2D eigenvalue weighted by molar-refractivity contribution is -0.142. The van der Waals surface area contributed by atoms with Crippen LogP contribution >= 0.6 is 0 Å². The van der Waals surface area contributed by atoms with Gasteiger partial charge in [-0.3, -0.25) is 4.79 Å². The maximum absolute atomic E-state index is 11.9. The fourth-order valence-corrected chi connectivity index (χ4v) is 2.30. The van der Waals surface area contributed by atoms with Crippen LogP contribution in [0.15, 0.2) is 12.7 Å². The Bertz CT molecular complexity index is 325. The normalized spacial score (nSPS) is 22.6. The standard InChI is InChI=1S/C13H22N2O4/c1-2-7-15(8-9-16)13(19)14-11-5-3-10(4-6-11)12(17)18/h2,10-11,16H,1,3-9H2,(H,14,19)(H,17,18). The molecule has 0 aromatic carbocycles. The topological polar surface area (TPSA) is 89.9 Å². The second kappa shape index (κ2) is 7.78. The summed E-state index contributed by atoms with van der Waals surface area (Å²) in [6.45, 7) is 4.13. The molecule has 0 unspecified atom stereocenters. The Kier molecular flexibility index (Phi) is 6.35. The monoisotopic (exact) mass is 270 g/mol. The third-order valence-electron chi connectivity index (χ3n) is 3.41. The van der Waals surface area contributed by atoms with E-state index in [0.717, 1.165) is 0 Å². The highest BCUT2D eigenvalue weighted by atomic mass is 16.4. The Labute approximate surface area is 113 Å². The van der Waals surface area contributed by atoms with Crippen molar-refractivity contribution in [1.29, 1.82) is 0 Å². The van der Waals surface area contributed by atoms with Gasteiger partial charge in [0, 0.05) is 19.1 Å². The van der Waals surface area contributed by atoms with Crippen molar-refractivity contribution >= 4 is 12.0 Å². The van der Waals surface area contributed by atoms with Gasteiger partial charge >= 0.3 is 12.0 Å². The lowest BCUT2D eigenvalue weighted by Crippen LogP contribution is -2.47. The van der Waals surface area contributed by atoms with Crippen LogP contribution in [0.5, 0.6) is 0 Å². The summed E-state index contributed by atoms with van der Waals surface area (Å²) in [5.41, 5.74) is 0. The minimum Gasteiger partial charge on any atom is -0.481 e. The van der Waals surface area contributed by atoms with E-state index in [9.17, 15) is 9.59 Å². The number of hydrogen-bond acceptors (Lipinski definition) is 3. The van der Waals surface area contributed by atoms with Crippen LogP contribution in [-0.4, -0.2) is 52.9 Å². The first-order valence-corrected chi connectivity index (χ1v) is 6.58. The van der Waals surface area contributed by atoms with Crippen LogP contribution in [0.1, 0.15) is 25.7 Å². The smallest absolute Gasteiger partial charge is 0.317 e. The Balaban J connectivity index is 2.40. The highest BCUT2D eigenvalue weighted by Gasteiger charge is 2.27. The van der Waals surface area contributed by atoms with Crippen molar-refractivity contribution in [3.05, 3.63) is 12.7 Å². The van der Waals surface area contributed by atoms with E-state index in [0.29, 0.717) is 32.2 Å². The highest BCUT2D eigenvalue weighted by molar-refractivity contribution is 5.75. The zero-order chi connectivity index (χ0) is 14.3. The van der Waals surface area contributed by atoms with Gasteiger partial charge in [0.1, 0.15) is 0 Å². The maximum atomic E-state index is 11.9. The first kappa shape index (κ1) is 15.5. The number of rotatable bonds is 6. The third-order valence-corrected chi connectivity index (χ3v) is 3.41. The van der Waals surface area contributed by atoms with Crippen molar-refractivity contribution in [2.24, 2.45) is 5.92 Å². The van der Waals surface area contributed by atoms with E-state index in [1.54, 1.807) is 6.08 Å². The molecule has 3 N–H and O–H groups in total. The van der Waals surface area contributed by atoms with Gasteiger partial charge in [-0.15, -0.1) is 6.58 Å². The number of carbonyl (C=O) groups excluding carboxylic acids is 1. The molecule has 0 heterocycles. The van der Waals surface area contributed by atoms with Crippen LogP contribution in [0.2, 0.25) is 0 Å². The molecule has 6 nitrogen and oxygen atoms in total. The van der Waals surface area contributed by atoms with Gasteiger partial charge in [-0.05, 0) is 25.7 Å². The molecule has 2 amide bonds. The van der Waals surface area contributed by atoms with E-state index in [1.807, 2.05) is 0 Å². The molecule has 0 radical (unpaired) electrons. The second-order valence-corrected chi connectivity index (χ2v) is 4.79. The van der Waals surface area contributed by atoms with Crippen molar-refractivity contribution in [2.75, 3.05) is 19.7 Å². The predicted octanol–water partition coefficient (Wildman–Crippen LogP) is 0.820. The number of carboxylic acids is 1. The van der Waals surface area contributed by atoms with Crippen molar-refractivity contribution < 1.29 is 19.8 Å². The molecular weight excluding hydrogens is 248 g/mol. The van der Waals surface area contributed by atoms with E-state index in [4.69, 9.17) is 10.2 Å². The summed E-state index contributed by atoms with van der Waals surface area (Å²) < 4.78 is 0. The lowest BCUT2D eigenvalue weighted by Gasteiger charge is -2.29. The molecule has 1 aliphatic rings. The minimum absolute atomic E-state index is 0.0223. The van der Waals surface area contributed by atoms with Gasteiger partial charge in [-0.1, -0.05) is 6.08 Å². The number of urea groups is 1. The van der Waals surface area contributed by atoms with Gasteiger partial charge in [-0.2, -0.15) is 0 Å². The Morgan fingerprint density at radius 3 is 2.42 bits per heavy atom. The lowest BCUT2D eigenvalue weighted by atomic mass is 9.86. The molecule has 0 atom stereocenters. The molecular formula is C13H22N2O4. The molecule has 1 saturated carbocycles. The van der Waals surface area contributed by atoms with Crippen LogP contribution in [0, 0.1) is 5.92 Å². The van der Waals surface area contributed by atoms with E-state index < -0.39 is 5.97 Å². The fraction of sp³-hybridized carbons (Fsp3) is 0.692. The quantitative estimate of drug-likeness (QED) is 0.623. The van der Waals surface area contributed by atoms with Gasteiger partial charge in [0.05, 0.1) is 12.5 Å². The van der Waals surface area contributed by atoms with Crippen molar-refractivity contribution in [1.82, 2.24) is 10.2 Å². The van der Waals surface area contributed by atoms with E-state index in [2.05, 4.69) is 11.9 Å². The molecule has 0 aliphatic heterocycles. The molecule has 6 heteroatoms. The SMILES string of the molecule is C=CCN(CCO)C(=O)NC1CCC(C(=O)O)CC1. The third kappa shape index (κ3) is 4.90. The number of aliphatic hydroxyl groups is 1. The summed E-state index contributed by atoms with van der Waals surface area (Å²) in [4.78, 5) is 24.3. The largest absolute Gasteiger partial charge is 0.481 e. The van der Waals surface area contributed by atoms with E-state index >= 15 is 0 Å². The Morgan fingerprint density at radius 2 is 1.95 bits per heavy atom. The van der Waals surface area contributed by atoms with Crippen LogP contribution in [0.3, 0.4) is 0 Å². The summed E-state index contributed by atoms with van der Waals surface area (Å²) in [5, 5.41) is 20.7. The minimum atomic E-state index is -0.752. The van der Waals surface area contributed by atoms with Gasteiger partial charge in [0.15, 0.2) is 0 Å². The summed E-state index contributed by atoms with van der Waals surface area (Å²) in [6, 6.07) is -0.207. The van der Waals surface area contributed by atoms with Gasteiger partial charge in [0.25, 0.3) is 0 Å². The Morgan fingerprint density at radius 1 is 1.32 bits per heavy atom. The average Bonchev–Trinajstić information content (AvgIpc) is 2.39. The van der Waals surface area contributed by atoms with Crippen LogP contribution in [-0.2, 0) is 4.79 Å². The van der Waals surface area contributed by atoms with Gasteiger partial charge in [0.2, 0.25) is 0 Å². The maximum Gasteiger partial charge on any atom is 0.317 e. The fourth-order valence-electron chi connectivity index (χ4n) is 2.30. The van der Waals surface area contributed by atoms with E-state index in [-0.39, 0.29) is 31.1 Å². The molecule has 19 heavy (non-hydrogen) atoms. The highest BCUT2D eigenvalue weighted by Crippen LogP contribution is 2.24. The van der Waals surface area contributed by atoms with Gasteiger partial charge in [-0.25, -0.2) is 4.79 Å². The molecule has 0 spiro atoms. The molecule has 108 valence electrons. The first-order valence-electron chi connectivity index (χ1n) is 6.58. The number of aliphatic hydroxyl groups excluding tert-OH is 1. The number of hydrogen-bond donors (Lipinski definition) is 3. The molecule has 0 aromatic rings. The molecule has 1 rings (SSSR count). The van der Waals surface area contributed by atoms with Crippen molar-refractivity contribution in [3.8, 4) is 0 Å². The number of nitrogens with one attached hydrogen (secondary N) is 1. The summed E-state index contributed by atoms with van der Waals surface area (Å²) in [7, 11) is 0. The van der Waals surface area contributed by atoms with Crippen LogP contribution in [0.25, 0.3) is 0 Å². The molecule has 1 aliphatic carbocycles. The Hall–Kier alpha value is -1.56. The number of aliphatic carboxylic acids is 1. The molecule has 0 saturated heterocycles. The number of carbonyl (C=O) groups is 2. The zero-order valence-corrected chi connectivity index (χ0v) is 11.0. The number of nitrogens with zero attached hydrogens (tertiary/aromatic N) is 1. The van der Waals surface area contributed by atoms with Crippen LogP contribution in [0.4, 0.5) is 4.79 Å². The summed E-state index contributed by atoms with van der Waals surface area (Å²) in [6.07, 6.45) is 4.17. The second-order valence-electron chi connectivity index (χ2n) is 4.79. The molecule has 1 fully saturated rings. The zero-order valence-electron chi connectivity index (χ0n) is 11.0. The molecule has 0 aromatic heterocycles. The average molecular weight is 270 g/mol. The van der Waals surface area contributed by atoms with E-state index in [1.165, 1.54) is 4.90 Å².